The Kier molecular flexibility index (Phi) is 29.1. The molecule has 0 rings (SSSR count). The number of ether oxygens (including phenoxy) is 2. The van der Waals surface area contributed by atoms with Crippen LogP contribution in [0, 0.1) is 0 Å². The van der Waals surface area contributed by atoms with E-state index < -0.39 is 18.2 Å². The topological polar surface area (TPSA) is 93.1 Å². The van der Waals surface area contributed by atoms with Crippen LogP contribution in [0.1, 0.15) is 136 Å². The number of rotatable bonds is 28. The van der Waals surface area contributed by atoms with Crippen LogP contribution in [-0.4, -0.2) is 47.6 Å². The first-order valence-electron chi connectivity index (χ1n) is 16.3. The highest BCUT2D eigenvalue weighted by Gasteiger charge is 2.12. The SMILES string of the molecule is CCCCC/C=C\C/C=C\C/C=C\C=C\[C@@H](O)CCCC(=O)OC[C@@H](O)COC(=O)CCCCCCCCCCC. The summed E-state index contributed by atoms with van der Waals surface area (Å²) in [6.45, 7) is 4.05. The molecule has 0 fully saturated rings. The smallest absolute Gasteiger partial charge is 0.305 e. The molecule has 41 heavy (non-hydrogen) atoms. The Bertz CT molecular complexity index is 724. The molecule has 0 bridgehead atoms. The molecule has 0 saturated carbocycles. The van der Waals surface area contributed by atoms with Crippen LogP contribution in [0.3, 0.4) is 0 Å². The van der Waals surface area contributed by atoms with Gasteiger partial charge in [0.05, 0.1) is 6.10 Å². The maximum Gasteiger partial charge on any atom is 0.305 e. The molecular weight excluding hydrogens is 516 g/mol. The van der Waals surface area contributed by atoms with Crippen molar-refractivity contribution >= 4 is 11.9 Å². The molecule has 0 radical (unpaired) electrons. The third kappa shape index (κ3) is 30.6. The molecule has 2 atom stereocenters. The van der Waals surface area contributed by atoms with Crippen LogP contribution >= 0.6 is 0 Å². The quantitative estimate of drug-likeness (QED) is 0.0420. The largest absolute Gasteiger partial charge is 0.463 e. The number of aliphatic hydroxyl groups excluding tert-OH is 2. The first-order chi connectivity index (χ1) is 20.0. The number of unbranched alkanes of at least 4 members (excludes halogenated alkanes) is 11. The standard InChI is InChI=1S/C35H60O6/c1-3-5-7-9-11-13-14-15-16-18-19-21-23-26-32(36)27-25-29-35(39)41-31-33(37)30-40-34(38)28-24-22-20-17-12-10-8-6-4-2/h11,13,15-16,19,21,23,26,32-33,36-37H,3-10,12,14,17-18,20,22,24-25,27-31H2,1-2H3/b13-11-,16-15-,21-19-,26-23+/t32-,33+/m1/s1. The lowest BCUT2D eigenvalue weighted by Gasteiger charge is -2.12. The van der Waals surface area contributed by atoms with Crippen LogP contribution in [-0.2, 0) is 19.1 Å². The van der Waals surface area contributed by atoms with Gasteiger partial charge in [-0.05, 0) is 44.9 Å². The van der Waals surface area contributed by atoms with Gasteiger partial charge in [0.1, 0.15) is 19.3 Å². The van der Waals surface area contributed by atoms with E-state index in [2.05, 4.69) is 38.2 Å². The van der Waals surface area contributed by atoms with Gasteiger partial charge in [-0.25, -0.2) is 0 Å². The van der Waals surface area contributed by atoms with Gasteiger partial charge in [0.25, 0.3) is 0 Å². The van der Waals surface area contributed by atoms with E-state index in [1.54, 1.807) is 6.08 Å². The summed E-state index contributed by atoms with van der Waals surface area (Å²) in [5.74, 6) is -0.767. The summed E-state index contributed by atoms with van der Waals surface area (Å²) in [4.78, 5) is 23.7. The highest BCUT2D eigenvalue weighted by atomic mass is 16.6. The summed E-state index contributed by atoms with van der Waals surface area (Å²) in [6.07, 6.45) is 33.4. The molecule has 0 aliphatic carbocycles. The second kappa shape index (κ2) is 30.8. The monoisotopic (exact) mass is 576 g/mol. The fourth-order valence-electron chi connectivity index (χ4n) is 4.13. The Morgan fingerprint density at radius 2 is 1.12 bits per heavy atom. The number of carbonyl (C=O) groups excluding carboxylic acids is 2. The molecule has 6 heteroatoms. The Morgan fingerprint density at radius 1 is 0.610 bits per heavy atom. The zero-order valence-electron chi connectivity index (χ0n) is 26.2. The number of aliphatic hydroxyl groups is 2. The van der Waals surface area contributed by atoms with Gasteiger partial charge in [-0.2, -0.15) is 0 Å². The van der Waals surface area contributed by atoms with Crippen LogP contribution in [0.15, 0.2) is 48.6 Å². The molecular formula is C35H60O6. The molecule has 0 spiro atoms. The van der Waals surface area contributed by atoms with Gasteiger partial charge in [0.2, 0.25) is 0 Å². The van der Waals surface area contributed by atoms with Crippen molar-refractivity contribution in [2.24, 2.45) is 0 Å². The average Bonchev–Trinajstić information content (AvgIpc) is 2.96. The van der Waals surface area contributed by atoms with Crippen molar-refractivity contribution in [3.05, 3.63) is 48.6 Å². The Morgan fingerprint density at radius 3 is 1.76 bits per heavy atom. The predicted molar refractivity (Wildman–Crippen MR) is 170 cm³/mol. The lowest BCUT2D eigenvalue weighted by molar-refractivity contribution is -0.152. The van der Waals surface area contributed by atoms with E-state index in [0.29, 0.717) is 19.3 Å². The number of allylic oxidation sites excluding steroid dienone is 7. The van der Waals surface area contributed by atoms with Crippen LogP contribution in [0.4, 0.5) is 0 Å². The van der Waals surface area contributed by atoms with Gasteiger partial charge in [0, 0.05) is 12.8 Å². The van der Waals surface area contributed by atoms with E-state index in [1.807, 2.05) is 18.2 Å². The minimum atomic E-state index is -1.03. The minimum Gasteiger partial charge on any atom is -0.463 e. The molecule has 0 aliphatic heterocycles. The molecule has 0 aliphatic rings. The summed E-state index contributed by atoms with van der Waals surface area (Å²) in [6, 6.07) is 0. The van der Waals surface area contributed by atoms with E-state index in [0.717, 1.165) is 38.5 Å². The second-order valence-corrected chi connectivity index (χ2v) is 10.8. The van der Waals surface area contributed by atoms with Crippen LogP contribution in [0.25, 0.3) is 0 Å². The zero-order chi connectivity index (χ0) is 30.2. The average molecular weight is 577 g/mol. The number of hydrogen-bond acceptors (Lipinski definition) is 6. The molecule has 6 nitrogen and oxygen atoms in total. The van der Waals surface area contributed by atoms with Crippen LogP contribution < -0.4 is 0 Å². The van der Waals surface area contributed by atoms with Crippen molar-refractivity contribution in [3.63, 3.8) is 0 Å². The fraction of sp³-hybridized carbons (Fsp3) is 0.714. The summed E-state index contributed by atoms with van der Waals surface area (Å²) >= 11 is 0. The summed E-state index contributed by atoms with van der Waals surface area (Å²) in [7, 11) is 0. The number of carbonyl (C=O) groups is 2. The van der Waals surface area contributed by atoms with Gasteiger partial charge in [-0.3, -0.25) is 9.59 Å². The molecule has 0 heterocycles. The van der Waals surface area contributed by atoms with E-state index in [4.69, 9.17) is 9.47 Å². The minimum absolute atomic E-state index is 0.156. The van der Waals surface area contributed by atoms with Crippen LogP contribution in [0.5, 0.6) is 0 Å². The van der Waals surface area contributed by atoms with Crippen molar-refractivity contribution < 1.29 is 29.3 Å². The Labute approximate surface area is 251 Å². The zero-order valence-corrected chi connectivity index (χ0v) is 26.2. The normalized spacial score (nSPS) is 13.6. The van der Waals surface area contributed by atoms with Crippen molar-refractivity contribution in [3.8, 4) is 0 Å². The molecule has 0 aromatic heterocycles. The van der Waals surface area contributed by atoms with Gasteiger partial charge < -0.3 is 19.7 Å². The molecule has 0 aromatic rings. The first-order valence-corrected chi connectivity index (χ1v) is 16.3. The molecule has 0 saturated heterocycles. The third-order valence-corrected chi connectivity index (χ3v) is 6.67. The highest BCUT2D eigenvalue weighted by Crippen LogP contribution is 2.11. The van der Waals surface area contributed by atoms with E-state index >= 15 is 0 Å². The van der Waals surface area contributed by atoms with Crippen molar-refractivity contribution in [2.75, 3.05) is 13.2 Å². The van der Waals surface area contributed by atoms with E-state index in [1.165, 1.54) is 57.8 Å². The fourth-order valence-corrected chi connectivity index (χ4v) is 4.13. The predicted octanol–water partition coefficient (Wildman–Crippen LogP) is 8.47. The van der Waals surface area contributed by atoms with Gasteiger partial charge in [0.15, 0.2) is 0 Å². The van der Waals surface area contributed by atoms with Crippen LogP contribution in [0.2, 0.25) is 0 Å². The molecule has 0 aromatic carbocycles. The van der Waals surface area contributed by atoms with Gasteiger partial charge >= 0.3 is 11.9 Å². The summed E-state index contributed by atoms with van der Waals surface area (Å²) < 4.78 is 10.1. The molecule has 2 N–H and O–H groups in total. The van der Waals surface area contributed by atoms with E-state index in [-0.39, 0.29) is 25.6 Å². The molecule has 236 valence electrons. The summed E-state index contributed by atoms with van der Waals surface area (Å²) in [5.41, 5.74) is 0. The first kappa shape index (κ1) is 38.8. The Hall–Kier alpha value is -2.18. The lowest BCUT2D eigenvalue weighted by atomic mass is 10.1. The van der Waals surface area contributed by atoms with Crippen molar-refractivity contribution in [1.29, 1.82) is 0 Å². The van der Waals surface area contributed by atoms with Crippen molar-refractivity contribution in [1.82, 2.24) is 0 Å². The third-order valence-electron chi connectivity index (χ3n) is 6.67. The second-order valence-electron chi connectivity index (χ2n) is 10.8. The van der Waals surface area contributed by atoms with Crippen molar-refractivity contribution in [2.45, 2.75) is 148 Å². The number of esters is 2. The number of hydrogen-bond donors (Lipinski definition) is 2. The van der Waals surface area contributed by atoms with Gasteiger partial charge in [-0.15, -0.1) is 0 Å². The van der Waals surface area contributed by atoms with Gasteiger partial charge in [-0.1, -0.05) is 127 Å². The maximum atomic E-state index is 11.9. The Balaban J connectivity index is 3.71. The molecule has 0 unspecified atom stereocenters. The summed E-state index contributed by atoms with van der Waals surface area (Å²) in [5, 5.41) is 20.0. The highest BCUT2D eigenvalue weighted by molar-refractivity contribution is 5.69. The molecule has 0 amide bonds. The van der Waals surface area contributed by atoms with E-state index in [9.17, 15) is 19.8 Å². The maximum absolute atomic E-state index is 11.9. The lowest BCUT2D eigenvalue weighted by Crippen LogP contribution is -2.25.